The molecule has 0 radical (unpaired) electrons. The first-order chi connectivity index (χ1) is 11.9. The topological polar surface area (TPSA) is 86.0 Å². The molecular formula is C17H18ClN3O4. The summed E-state index contributed by atoms with van der Waals surface area (Å²) in [7, 11) is 1.43. The Morgan fingerprint density at radius 1 is 1.28 bits per heavy atom. The lowest BCUT2D eigenvalue weighted by Gasteiger charge is -2.14. The monoisotopic (exact) mass is 363 g/mol. The first-order valence-electron chi connectivity index (χ1n) is 7.48. The van der Waals surface area contributed by atoms with Crippen LogP contribution in [0.4, 0.5) is 11.4 Å². The van der Waals surface area contributed by atoms with Gasteiger partial charge in [0.05, 0.1) is 41.7 Å². The maximum Gasteiger partial charge on any atom is 0.282 e. The van der Waals surface area contributed by atoms with Gasteiger partial charge < -0.3 is 9.47 Å². The molecule has 0 saturated carbocycles. The van der Waals surface area contributed by atoms with Crippen LogP contribution in [-0.4, -0.2) is 24.4 Å². The molecule has 0 aliphatic rings. The summed E-state index contributed by atoms with van der Waals surface area (Å²) in [6, 6.07) is 9.82. The third-order valence-electron chi connectivity index (χ3n) is 3.09. The second kappa shape index (κ2) is 8.34. The second-order valence-electron chi connectivity index (χ2n) is 5.37. The highest BCUT2D eigenvalue weighted by Crippen LogP contribution is 2.34. The van der Waals surface area contributed by atoms with Gasteiger partial charge in [-0.05, 0) is 38.1 Å². The van der Waals surface area contributed by atoms with Crippen molar-refractivity contribution in [2.75, 3.05) is 12.5 Å². The molecule has 0 bridgehead atoms. The molecule has 1 N–H and O–H groups in total. The quantitative estimate of drug-likeness (QED) is 0.445. The van der Waals surface area contributed by atoms with E-state index in [0.29, 0.717) is 22.2 Å². The molecule has 2 rings (SSSR count). The highest BCUT2D eigenvalue weighted by Gasteiger charge is 2.19. The molecule has 0 atom stereocenters. The number of methoxy groups -OCH3 is 1. The number of hydrogen-bond acceptors (Lipinski definition) is 6. The number of hydrogen-bond donors (Lipinski definition) is 1. The number of nitrogens with zero attached hydrogens (tertiary/aromatic N) is 2. The predicted molar refractivity (Wildman–Crippen MR) is 98.1 cm³/mol. The standard InChI is InChI=1S/C17H18ClN3O4/c1-11(2)25-17-7-12(15(21(22)23)9-16(17)24-3)10-19-20-14-6-4-5-13(18)8-14/h4-11,20H,1-3H3. The summed E-state index contributed by atoms with van der Waals surface area (Å²) in [5.74, 6) is 0.702. The molecular weight excluding hydrogens is 346 g/mol. The first-order valence-corrected chi connectivity index (χ1v) is 7.86. The summed E-state index contributed by atoms with van der Waals surface area (Å²) in [5, 5.41) is 15.9. The molecule has 0 amide bonds. The lowest BCUT2D eigenvalue weighted by Crippen LogP contribution is -2.08. The molecule has 0 heterocycles. The fourth-order valence-electron chi connectivity index (χ4n) is 2.07. The van der Waals surface area contributed by atoms with Crippen LogP contribution < -0.4 is 14.9 Å². The Morgan fingerprint density at radius 2 is 2.04 bits per heavy atom. The molecule has 8 heteroatoms. The molecule has 0 fully saturated rings. The van der Waals surface area contributed by atoms with Crippen LogP contribution in [0.3, 0.4) is 0 Å². The predicted octanol–water partition coefficient (Wildman–Crippen LogP) is 4.49. The average Bonchev–Trinajstić information content (AvgIpc) is 2.54. The van der Waals surface area contributed by atoms with Crippen molar-refractivity contribution < 1.29 is 14.4 Å². The van der Waals surface area contributed by atoms with E-state index in [2.05, 4.69) is 10.5 Å². The number of hydrazone groups is 1. The van der Waals surface area contributed by atoms with E-state index in [-0.39, 0.29) is 17.4 Å². The largest absolute Gasteiger partial charge is 0.493 e. The van der Waals surface area contributed by atoms with Gasteiger partial charge in [0.25, 0.3) is 5.69 Å². The van der Waals surface area contributed by atoms with E-state index in [1.165, 1.54) is 25.5 Å². The zero-order valence-electron chi connectivity index (χ0n) is 14.0. The van der Waals surface area contributed by atoms with Gasteiger partial charge >= 0.3 is 0 Å². The summed E-state index contributed by atoms with van der Waals surface area (Å²) in [4.78, 5) is 10.8. The highest BCUT2D eigenvalue weighted by atomic mass is 35.5. The van der Waals surface area contributed by atoms with Crippen molar-refractivity contribution in [2.24, 2.45) is 5.10 Å². The van der Waals surface area contributed by atoms with Crippen LogP contribution in [0.2, 0.25) is 5.02 Å². The minimum Gasteiger partial charge on any atom is -0.493 e. The Labute approximate surface area is 150 Å². The van der Waals surface area contributed by atoms with Gasteiger partial charge in [-0.25, -0.2) is 0 Å². The third kappa shape index (κ3) is 5.09. The van der Waals surface area contributed by atoms with Crippen LogP contribution in [-0.2, 0) is 0 Å². The van der Waals surface area contributed by atoms with E-state index in [4.69, 9.17) is 21.1 Å². The van der Waals surface area contributed by atoms with Gasteiger partial charge in [0.15, 0.2) is 11.5 Å². The molecule has 2 aromatic rings. The van der Waals surface area contributed by atoms with Crippen LogP contribution in [0.15, 0.2) is 41.5 Å². The van der Waals surface area contributed by atoms with E-state index in [9.17, 15) is 10.1 Å². The zero-order chi connectivity index (χ0) is 18.4. The maximum atomic E-state index is 11.3. The van der Waals surface area contributed by atoms with Crippen molar-refractivity contribution in [2.45, 2.75) is 20.0 Å². The zero-order valence-corrected chi connectivity index (χ0v) is 14.8. The summed E-state index contributed by atoms with van der Waals surface area (Å²) in [6.45, 7) is 3.71. The van der Waals surface area contributed by atoms with Gasteiger partial charge in [-0.3, -0.25) is 15.5 Å². The number of ether oxygens (including phenoxy) is 2. The van der Waals surface area contributed by atoms with Crippen LogP contribution >= 0.6 is 11.6 Å². The molecule has 0 spiro atoms. The molecule has 0 saturated heterocycles. The van der Waals surface area contributed by atoms with Crippen LogP contribution in [0, 0.1) is 10.1 Å². The highest BCUT2D eigenvalue weighted by molar-refractivity contribution is 6.30. The van der Waals surface area contributed by atoms with Gasteiger partial charge in [0.1, 0.15) is 0 Å². The minimum absolute atomic E-state index is 0.107. The number of rotatable bonds is 7. The fourth-order valence-corrected chi connectivity index (χ4v) is 2.26. The van der Waals surface area contributed by atoms with Crippen molar-refractivity contribution >= 4 is 29.2 Å². The molecule has 2 aromatic carbocycles. The number of nitrogens with one attached hydrogen (secondary N) is 1. The second-order valence-corrected chi connectivity index (χ2v) is 5.80. The summed E-state index contributed by atoms with van der Waals surface area (Å²) < 4.78 is 10.8. The van der Waals surface area contributed by atoms with E-state index < -0.39 is 4.92 Å². The van der Waals surface area contributed by atoms with Crippen molar-refractivity contribution in [3.63, 3.8) is 0 Å². The van der Waals surface area contributed by atoms with Crippen molar-refractivity contribution in [3.05, 3.63) is 57.1 Å². The van der Waals surface area contributed by atoms with E-state index >= 15 is 0 Å². The third-order valence-corrected chi connectivity index (χ3v) is 3.33. The van der Waals surface area contributed by atoms with Crippen molar-refractivity contribution in [1.82, 2.24) is 0 Å². The van der Waals surface area contributed by atoms with Crippen molar-refractivity contribution in [3.8, 4) is 11.5 Å². The normalized spacial score (nSPS) is 10.9. The van der Waals surface area contributed by atoms with Gasteiger partial charge in [0.2, 0.25) is 0 Å². The number of anilines is 1. The van der Waals surface area contributed by atoms with E-state index in [0.717, 1.165) is 0 Å². The van der Waals surface area contributed by atoms with E-state index in [1.807, 2.05) is 13.8 Å². The number of halogens is 1. The first kappa shape index (κ1) is 18.5. The molecule has 0 aliphatic heterocycles. The molecule has 25 heavy (non-hydrogen) atoms. The molecule has 0 aliphatic carbocycles. The molecule has 132 valence electrons. The smallest absolute Gasteiger partial charge is 0.282 e. The Hall–Kier alpha value is -2.80. The number of nitro benzene ring substituents is 1. The van der Waals surface area contributed by atoms with Crippen LogP contribution in [0.25, 0.3) is 0 Å². The lowest BCUT2D eigenvalue weighted by molar-refractivity contribution is -0.385. The Kier molecular flexibility index (Phi) is 6.19. The summed E-state index contributed by atoms with van der Waals surface area (Å²) in [5.41, 5.74) is 3.60. The van der Waals surface area contributed by atoms with Crippen LogP contribution in [0.1, 0.15) is 19.4 Å². The summed E-state index contributed by atoms with van der Waals surface area (Å²) in [6.07, 6.45) is 1.25. The Morgan fingerprint density at radius 3 is 2.64 bits per heavy atom. The van der Waals surface area contributed by atoms with Crippen LogP contribution in [0.5, 0.6) is 11.5 Å². The van der Waals surface area contributed by atoms with Gasteiger partial charge in [0, 0.05) is 5.02 Å². The Bertz CT molecular complexity index is 793. The molecule has 0 aromatic heterocycles. The fraction of sp³-hybridized carbons (Fsp3) is 0.235. The minimum atomic E-state index is -0.498. The van der Waals surface area contributed by atoms with E-state index in [1.54, 1.807) is 24.3 Å². The van der Waals surface area contributed by atoms with Gasteiger partial charge in [-0.2, -0.15) is 5.10 Å². The lowest BCUT2D eigenvalue weighted by atomic mass is 10.1. The maximum absolute atomic E-state index is 11.3. The van der Waals surface area contributed by atoms with Gasteiger partial charge in [-0.15, -0.1) is 0 Å². The van der Waals surface area contributed by atoms with Crippen molar-refractivity contribution in [1.29, 1.82) is 0 Å². The number of nitro groups is 1. The summed E-state index contributed by atoms with van der Waals surface area (Å²) >= 11 is 5.90. The number of benzene rings is 2. The average molecular weight is 364 g/mol. The van der Waals surface area contributed by atoms with Gasteiger partial charge in [-0.1, -0.05) is 17.7 Å². The molecule has 0 unspecified atom stereocenters. The SMILES string of the molecule is COc1cc([N+](=O)[O-])c(C=NNc2cccc(Cl)c2)cc1OC(C)C. The Balaban J connectivity index is 2.33. The molecule has 7 nitrogen and oxygen atoms in total.